The molecular weight excluding hydrogens is 379 g/mol. The molecule has 1 aliphatic heterocycles. The van der Waals surface area contributed by atoms with Gasteiger partial charge in [0.15, 0.2) is 0 Å². The number of nitrogens with zero attached hydrogens (tertiary/aromatic N) is 2. The van der Waals surface area contributed by atoms with Gasteiger partial charge in [0.25, 0.3) is 0 Å². The van der Waals surface area contributed by atoms with Crippen molar-refractivity contribution in [3.05, 3.63) is 47.2 Å². The molecule has 148 valence electrons. The maximum absolute atomic E-state index is 13.9. The Morgan fingerprint density at radius 1 is 1.07 bits per heavy atom. The minimum Gasteiger partial charge on any atom is -0.444 e. The first-order valence-electron chi connectivity index (χ1n) is 9.59. The van der Waals surface area contributed by atoms with Crippen molar-refractivity contribution in [3.8, 4) is 0 Å². The van der Waals surface area contributed by atoms with Crippen molar-refractivity contribution < 1.29 is 13.9 Å². The van der Waals surface area contributed by atoms with Crippen LogP contribution in [0.5, 0.6) is 0 Å². The van der Waals surface area contributed by atoms with Gasteiger partial charge in [0.2, 0.25) is 0 Å². The molecule has 2 heterocycles. The predicted octanol–water partition coefficient (Wildman–Crippen LogP) is 6.16. The Labute approximate surface area is 168 Å². The summed E-state index contributed by atoms with van der Waals surface area (Å²) < 4.78 is 21.7. The highest BCUT2D eigenvalue weighted by molar-refractivity contribution is 6.31. The average molecular weight is 403 g/mol. The first-order chi connectivity index (χ1) is 13.2. The summed E-state index contributed by atoms with van der Waals surface area (Å²) in [6, 6.07) is 10.9. The van der Waals surface area contributed by atoms with Gasteiger partial charge in [0.1, 0.15) is 11.4 Å². The van der Waals surface area contributed by atoms with E-state index in [0.717, 1.165) is 34.6 Å². The number of hydrogen-bond donors (Lipinski definition) is 0. The Morgan fingerprint density at radius 2 is 1.68 bits per heavy atom. The average Bonchev–Trinajstić information content (AvgIpc) is 2.93. The number of carbonyl (C=O) groups is 1. The number of amides is 1. The van der Waals surface area contributed by atoms with Crippen molar-refractivity contribution in [1.29, 1.82) is 0 Å². The van der Waals surface area contributed by atoms with E-state index in [2.05, 4.69) is 4.57 Å². The fourth-order valence-electron chi connectivity index (χ4n) is 4.02. The smallest absolute Gasteiger partial charge is 0.410 e. The van der Waals surface area contributed by atoms with Gasteiger partial charge in [-0.15, -0.1) is 0 Å². The summed E-state index contributed by atoms with van der Waals surface area (Å²) in [5, 5.41) is 2.46. The summed E-state index contributed by atoms with van der Waals surface area (Å²) in [6.45, 7) is 6.89. The largest absolute Gasteiger partial charge is 0.444 e. The van der Waals surface area contributed by atoms with Crippen LogP contribution in [0.3, 0.4) is 0 Å². The SMILES string of the molecule is CC(C)(C)OC(=O)N1CCC(n2c3ccc(F)cc3c3cc(Cl)ccc32)CC1. The van der Waals surface area contributed by atoms with Gasteiger partial charge in [-0.2, -0.15) is 0 Å². The topological polar surface area (TPSA) is 34.5 Å². The second-order valence-electron chi connectivity index (χ2n) is 8.39. The standard InChI is InChI=1S/C22H24ClFN2O2/c1-22(2,3)28-21(27)25-10-8-16(9-11-25)26-19-6-4-14(23)12-17(19)18-13-15(24)5-7-20(18)26/h4-7,12-13,16H,8-11H2,1-3H3. The Balaban J connectivity index is 1.66. The van der Waals surface area contributed by atoms with E-state index in [1.807, 2.05) is 45.0 Å². The van der Waals surface area contributed by atoms with Gasteiger partial charge in [-0.25, -0.2) is 9.18 Å². The molecule has 1 fully saturated rings. The van der Waals surface area contributed by atoms with E-state index in [9.17, 15) is 9.18 Å². The molecule has 1 amide bonds. The van der Waals surface area contributed by atoms with E-state index in [4.69, 9.17) is 16.3 Å². The van der Waals surface area contributed by atoms with Crippen LogP contribution in [0.15, 0.2) is 36.4 Å². The number of piperidine rings is 1. The van der Waals surface area contributed by atoms with Gasteiger partial charge >= 0.3 is 6.09 Å². The lowest BCUT2D eigenvalue weighted by atomic mass is 10.0. The lowest BCUT2D eigenvalue weighted by Crippen LogP contribution is -2.42. The van der Waals surface area contributed by atoms with Crippen LogP contribution >= 0.6 is 11.6 Å². The third kappa shape index (κ3) is 3.55. The van der Waals surface area contributed by atoms with Crippen LogP contribution in [0, 0.1) is 5.82 Å². The monoisotopic (exact) mass is 402 g/mol. The maximum atomic E-state index is 13.9. The molecule has 0 unspecified atom stereocenters. The molecule has 1 aromatic heterocycles. The molecule has 28 heavy (non-hydrogen) atoms. The number of carbonyl (C=O) groups excluding carboxylic acids is 1. The zero-order valence-corrected chi connectivity index (χ0v) is 17.1. The van der Waals surface area contributed by atoms with E-state index in [1.54, 1.807) is 11.0 Å². The zero-order valence-electron chi connectivity index (χ0n) is 16.3. The lowest BCUT2D eigenvalue weighted by Gasteiger charge is -2.34. The minimum absolute atomic E-state index is 0.227. The molecule has 1 aliphatic rings. The quantitative estimate of drug-likeness (QED) is 0.488. The molecule has 4 nitrogen and oxygen atoms in total. The van der Waals surface area contributed by atoms with Crippen molar-refractivity contribution in [2.24, 2.45) is 0 Å². The number of fused-ring (bicyclic) bond motifs is 3. The molecule has 4 rings (SSSR count). The second-order valence-corrected chi connectivity index (χ2v) is 8.83. The minimum atomic E-state index is -0.496. The fourth-order valence-corrected chi connectivity index (χ4v) is 4.20. The fraction of sp³-hybridized carbons (Fsp3) is 0.409. The van der Waals surface area contributed by atoms with Crippen LogP contribution in [-0.2, 0) is 4.74 Å². The summed E-state index contributed by atoms with van der Waals surface area (Å²) in [6.07, 6.45) is 1.37. The van der Waals surface area contributed by atoms with Gasteiger partial charge in [-0.3, -0.25) is 0 Å². The molecule has 0 saturated carbocycles. The molecule has 0 N–H and O–H groups in total. The van der Waals surface area contributed by atoms with Gasteiger partial charge in [-0.05, 0) is 70.0 Å². The first kappa shape index (κ1) is 19.1. The zero-order chi connectivity index (χ0) is 20.1. The van der Waals surface area contributed by atoms with Gasteiger partial charge in [0.05, 0.1) is 0 Å². The number of hydrogen-bond acceptors (Lipinski definition) is 2. The Bertz CT molecular complexity index is 987. The number of halogens is 2. The van der Waals surface area contributed by atoms with E-state index < -0.39 is 5.60 Å². The Hall–Kier alpha value is -2.27. The van der Waals surface area contributed by atoms with Crippen LogP contribution in [0.1, 0.15) is 39.7 Å². The highest BCUT2D eigenvalue weighted by Gasteiger charge is 2.29. The van der Waals surface area contributed by atoms with Gasteiger partial charge < -0.3 is 14.2 Å². The van der Waals surface area contributed by atoms with Crippen LogP contribution in [0.2, 0.25) is 5.02 Å². The van der Waals surface area contributed by atoms with Crippen LogP contribution < -0.4 is 0 Å². The number of benzene rings is 2. The van der Waals surface area contributed by atoms with Gasteiger partial charge in [0, 0.05) is 46.0 Å². The third-order valence-corrected chi connectivity index (χ3v) is 5.44. The highest BCUT2D eigenvalue weighted by atomic mass is 35.5. The van der Waals surface area contributed by atoms with Crippen molar-refractivity contribution in [3.63, 3.8) is 0 Å². The van der Waals surface area contributed by atoms with Crippen molar-refractivity contribution in [2.75, 3.05) is 13.1 Å². The molecule has 1 saturated heterocycles. The molecule has 0 radical (unpaired) electrons. The molecule has 6 heteroatoms. The van der Waals surface area contributed by atoms with E-state index in [-0.39, 0.29) is 18.0 Å². The number of ether oxygens (including phenoxy) is 1. The first-order valence-corrected chi connectivity index (χ1v) is 9.97. The van der Waals surface area contributed by atoms with Crippen LogP contribution in [0.4, 0.5) is 9.18 Å². The van der Waals surface area contributed by atoms with E-state index >= 15 is 0 Å². The van der Waals surface area contributed by atoms with Gasteiger partial charge in [-0.1, -0.05) is 11.6 Å². The number of likely N-dealkylation sites (tertiary alicyclic amines) is 1. The van der Waals surface area contributed by atoms with E-state index in [1.165, 1.54) is 6.07 Å². The Kier molecular flexibility index (Phi) is 4.74. The molecule has 0 bridgehead atoms. The third-order valence-electron chi connectivity index (χ3n) is 5.21. The molecule has 0 atom stereocenters. The molecule has 0 aliphatic carbocycles. The van der Waals surface area contributed by atoms with Crippen LogP contribution in [0.25, 0.3) is 21.8 Å². The summed E-state index contributed by atoms with van der Waals surface area (Å²) in [5.74, 6) is -0.258. The summed E-state index contributed by atoms with van der Waals surface area (Å²) in [4.78, 5) is 14.1. The van der Waals surface area contributed by atoms with E-state index in [0.29, 0.717) is 18.1 Å². The molecular formula is C22H24ClFN2O2. The predicted molar refractivity (Wildman–Crippen MR) is 110 cm³/mol. The molecule has 3 aromatic rings. The normalized spacial score (nSPS) is 16.1. The second kappa shape index (κ2) is 6.96. The molecule has 0 spiro atoms. The van der Waals surface area contributed by atoms with Crippen molar-refractivity contribution in [2.45, 2.75) is 45.3 Å². The number of rotatable bonds is 1. The summed E-state index contributed by atoms with van der Waals surface area (Å²) in [5.41, 5.74) is 1.54. The summed E-state index contributed by atoms with van der Waals surface area (Å²) in [7, 11) is 0. The van der Waals surface area contributed by atoms with Crippen molar-refractivity contribution >= 4 is 39.5 Å². The number of aromatic nitrogens is 1. The highest BCUT2D eigenvalue weighted by Crippen LogP contribution is 2.37. The summed E-state index contributed by atoms with van der Waals surface area (Å²) >= 11 is 6.20. The van der Waals surface area contributed by atoms with Crippen molar-refractivity contribution in [1.82, 2.24) is 9.47 Å². The maximum Gasteiger partial charge on any atom is 0.410 e. The lowest BCUT2D eigenvalue weighted by molar-refractivity contribution is 0.0191. The Morgan fingerprint density at radius 3 is 2.32 bits per heavy atom. The van der Waals surface area contributed by atoms with Crippen LogP contribution in [-0.4, -0.2) is 34.3 Å². The molecule has 2 aromatic carbocycles.